The van der Waals surface area contributed by atoms with Crippen molar-refractivity contribution in [1.82, 2.24) is 4.90 Å². The Morgan fingerprint density at radius 1 is 1.23 bits per heavy atom. The van der Waals surface area contributed by atoms with Gasteiger partial charge in [0.1, 0.15) is 6.04 Å². The zero-order valence-electron chi connectivity index (χ0n) is 17.7. The first-order chi connectivity index (χ1) is 14.2. The minimum absolute atomic E-state index is 0.211. The number of allylic oxidation sites excluding steroid dienone is 1. The molecule has 2 heterocycles. The van der Waals surface area contributed by atoms with E-state index in [9.17, 15) is 19.5 Å². The second kappa shape index (κ2) is 8.90. The van der Waals surface area contributed by atoms with Crippen LogP contribution in [0.3, 0.4) is 0 Å². The molecule has 0 bridgehead atoms. The monoisotopic (exact) mass is 415 g/mol. The molecule has 2 atom stereocenters. The van der Waals surface area contributed by atoms with Crippen LogP contribution < -0.4 is 9.47 Å². The third-order valence-corrected chi connectivity index (χ3v) is 6.11. The highest BCUT2D eigenvalue weighted by Crippen LogP contribution is 2.33. The van der Waals surface area contributed by atoms with Gasteiger partial charge in [0, 0.05) is 12.0 Å². The summed E-state index contributed by atoms with van der Waals surface area (Å²) in [5, 5.41) is 9.83. The number of carboxylic acids is 1. The first kappa shape index (κ1) is 21.9. The Balaban J connectivity index is 1.72. The molecule has 1 N–H and O–H groups in total. The van der Waals surface area contributed by atoms with Crippen molar-refractivity contribution in [1.29, 1.82) is 0 Å². The van der Waals surface area contributed by atoms with Crippen molar-refractivity contribution in [2.24, 2.45) is 11.3 Å². The van der Waals surface area contributed by atoms with Crippen LogP contribution in [0.4, 0.5) is 0 Å². The number of Topliss-reactive ketones (excluding diaryl/α,β-unsaturated/α-hetero) is 1. The van der Waals surface area contributed by atoms with Gasteiger partial charge in [-0.15, -0.1) is 0 Å². The number of nitrogens with zero attached hydrogens (tertiary/aromatic N) is 1. The van der Waals surface area contributed by atoms with Crippen LogP contribution >= 0.6 is 0 Å². The van der Waals surface area contributed by atoms with Crippen molar-refractivity contribution in [2.45, 2.75) is 52.5 Å². The van der Waals surface area contributed by atoms with Crippen LogP contribution in [0.25, 0.3) is 6.08 Å². The van der Waals surface area contributed by atoms with Gasteiger partial charge in [-0.05, 0) is 49.3 Å². The Morgan fingerprint density at radius 2 is 1.97 bits per heavy atom. The number of carbonyl (C=O) groups is 3. The molecule has 0 saturated carbocycles. The van der Waals surface area contributed by atoms with Crippen LogP contribution in [0.5, 0.6) is 11.5 Å². The Bertz CT molecular complexity index is 859. The molecule has 2 aliphatic heterocycles. The van der Waals surface area contributed by atoms with E-state index in [0.717, 1.165) is 5.56 Å². The van der Waals surface area contributed by atoms with Gasteiger partial charge in [0.25, 0.3) is 5.91 Å². The van der Waals surface area contributed by atoms with Gasteiger partial charge < -0.3 is 19.5 Å². The standard InChI is InChI=1S/C23H29NO6/c1-4-23(2,3)20(25)21(26)24-12-6-9-16(19(24)22(27)28)8-5-7-15-10-11-17-18(13-15)30-14-29-17/h5,7,10-11,13,16,19H,4,6,8-9,12,14H2,1-3H3,(H,27,28)/b7-5+. The number of ether oxygens (including phenoxy) is 2. The summed E-state index contributed by atoms with van der Waals surface area (Å²) in [6.07, 6.45) is 6.22. The molecule has 2 unspecified atom stereocenters. The molecule has 1 fully saturated rings. The molecule has 0 aliphatic carbocycles. The molecule has 1 aromatic carbocycles. The number of hydrogen-bond acceptors (Lipinski definition) is 5. The summed E-state index contributed by atoms with van der Waals surface area (Å²) in [6, 6.07) is 4.62. The predicted molar refractivity (Wildman–Crippen MR) is 111 cm³/mol. The molecule has 0 aromatic heterocycles. The molecule has 1 saturated heterocycles. The molecule has 3 rings (SSSR count). The Morgan fingerprint density at radius 3 is 2.67 bits per heavy atom. The second-order valence-corrected chi connectivity index (χ2v) is 8.50. The molecule has 162 valence electrons. The molecule has 30 heavy (non-hydrogen) atoms. The van der Waals surface area contributed by atoms with Crippen LogP contribution in [0.15, 0.2) is 24.3 Å². The van der Waals surface area contributed by atoms with Crippen molar-refractivity contribution < 1.29 is 29.0 Å². The van der Waals surface area contributed by atoms with Crippen LogP contribution in [0, 0.1) is 11.3 Å². The summed E-state index contributed by atoms with van der Waals surface area (Å²) in [5.41, 5.74) is 0.126. The lowest BCUT2D eigenvalue weighted by atomic mass is 9.82. The number of fused-ring (bicyclic) bond motifs is 1. The summed E-state index contributed by atoms with van der Waals surface area (Å²) >= 11 is 0. The number of carbonyl (C=O) groups excluding carboxylic acids is 2. The van der Waals surface area contributed by atoms with E-state index < -0.39 is 29.1 Å². The summed E-state index contributed by atoms with van der Waals surface area (Å²) in [6.45, 7) is 5.79. The normalized spacial score (nSPS) is 21.1. The molecule has 7 heteroatoms. The number of likely N-dealkylation sites (tertiary alicyclic amines) is 1. The van der Waals surface area contributed by atoms with E-state index in [4.69, 9.17) is 9.47 Å². The third-order valence-electron chi connectivity index (χ3n) is 6.11. The lowest BCUT2D eigenvalue weighted by molar-refractivity contribution is -0.160. The minimum atomic E-state index is -1.06. The highest BCUT2D eigenvalue weighted by atomic mass is 16.7. The Hall–Kier alpha value is -2.83. The zero-order chi connectivity index (χ0) is 21.9. The molecular formula is C23H29NO6. The average Bonchev–Trinajstić information content (AvgIpc) is 3.20. The zero-order valence-corrected chi connectivity index (χ0v) is 17.7. The highest BCUT2D eigenvalue weighted by Gasteiger charge is 2.43. The topological polar surface area (TPSA) is 93.1 Å². The number of ketones is 1. The first-order valence-corrected chi connectivity index (χ1v) is 10.4. The molecule has 7 nitrogen and oxygen atoms in total. The smallest absolute Gasteiger partial charge is 0.326 e. The van der Waals surface area contributed by atoms with Gasteiger partial charge in [-0.2, -0.15) is 0 Å². The van der Waals surface area contributed by atoms with Gasteiger partial charge in [0.15, 0.2) is 11.5 Å². The number of piperidine rings is 1. The molecule has 2 aliphatic rings. The van der Waals surface area contributed by atoms with Crippen LogP contribution in [-0.2, 0) is 14.4 Å². The first-order valence-electron chi connectivity index (χ1n) is 10.4. The largest absolute Gasteiger partial charge is 0.480 e. The van der Waals surface area contributed by atoms with Gasteiger partial charge in [-0.3, -0.25) is 9.59 Å². The number of benzene rings is 1. The Labute approximate surface area is 176 Å². The molecule has 0 spiro atoms. The van der Waals surface area contributed by atoms with E-state index >= 15 is 0 Å². The summed E-state index contributed by atoms with van der Waals surface area (Å²) in [4.78, 5) is 38.8. The molecule has 1 amide bonds. The Kier molecular flexibility index (Phi) is 6.48. The maximum Gasteiger partial charge on any atom is 0.326 e. The van der Waals surface area contributed by atoms with E-state index in [-0.39, 0.29) is 12.7 Å². The summed E-state index contributed by atoms with van der Waals surface area (Å²) < 4.78 is 10.7. The number of carboxylic acid groups (broad SMARTS) is 1. The van der Waals surface area contributed by atoms with Crippen molar-refractivity contribution in [3.05, 3.63) is 29.8 Å². The van der Waals surface area contributed by atoms with Gasteiger partial charge in [0.05, 0.1) is 0 Å². The SMILES string of the molecule is CCC(C)(C)C(=O)C(=O)N1CCCC(C/C=C/c2ccc3c(c2)OCO3)C1C(=O)O. The van der Waals surface area contributed by atoms with Crippen LogP contribution in [0.2, 0.25) is 0 Å². The van der Waals surface area contributed by atoms with Gasteiger partial charge in [-0.1, -0.05) is 39.0 Å². The van der Waals surface area contributed by atoms with E-state index in [1.54, 1.807) is 13.8 Å². The van der Waals surface area contributed by atoms with Crippen molar-refractivity contribution >= 4 is 23.7 Å². The number of amides is 1. The summed E-state index contributed by atoms with van der Waals surface area (Å²) in [7, 11) is 0. The van der Waals surface area contributed by atoms with Gasteiger partial charge in [-0.25, -0.2) is 4.79 Å². The number of hydrogen-bond donors (Lipinski definition) is 1. The molecular weight excluding hydrogens is 386 g/mol. The molecule has 1 aromatic rings. The number of aliphatic carboxylic acids is 1. The van der Waals surface area contributed by atoms with Gasteiger partial charge in [0.2, 0.25) is 12.6 Å². The number of rotatable bonds is 7. The fraction of sp³-hybridized carbons (Fsp3) is 0.522. The van der Waals surface area contributed by atoms with Crippen LogP contribution in [0.1, 0.15) is 52.0 Å². The maximum atomic E-state index is 12.8. The van der Waals surface area contributed by atoms with Gasteiger partial charge >= 0.3 is 5.97 Å². The third kappa shape index (κ3) is 4.50. The quantitative estimate of drug-likeness (QED) is 0.685. The van der Waals surface area contributed by atoms with E-state index in [2.05, 4.69) is 0 Å². The fourth-order valence-corrected chi connectivity index (χ4v) is 3.86. The maximum absolute atomic E-state index is 12.8. The van der Waals surface area contributed by atoms with Crippen LogP contribution in [-0.4, -0.2) is 47.0 Å². The highest BCUT2D eigenvalue weighted by molar-refractivity contribution is 6.38. The van der Waals surface area contributed by atoms with Crippen molar-refractivity contribution in [3.8, 4) is 11.5 Å². The summed E-state index contributed by atoms with van der Waals surface area (Å²) in [5.74, 6) is -1.12. The fourth-order valence-electron chi connectivity index (χ4n) is 3.86. The lowest BCUT2D eigenvalue weighted by Crippen LogP contribution is -2.56. The minimum Gasteiger partial charge on any atom is -0.480 e. The second-order valence-electron chi connectivity index (χ2n) is 8.50. The average molecular weight is 415 g/mol. The van der Waals surface area contributed by atoms with Crippen molar-refractivity contribution in [2.75, 3.05) is 13.3 Å². The van der Waals surface area contributed by atoms with E-state index in [1.165, 1.54) is 4.90 Å². The lowest BCUT2D eigenvalue weighted by Gasteiger charge is -2.39. The predicted octanol–water partition coefficient (Wildman–Crippen LogP) is 3.52. The molecule has 0 radical (unpaired) electrons. The van der Waals surface area contributed by atoms with E-state index in [1.807, 2.05) is 37.3 Å². The van der Waals surface area contributed by atoms with E-state index in [0.29, 0.717) is 43.7 Å². The van der Waals surface area contributed by atoms with Crippen molar-refractivity contribution in [3.63, 3.8) is 0 Å².